The molecule has 0 amide bonds. The molecule has 0 bridgehead atoms. The molecule has 0 unspecified atom stereocenters. The number of nitrogens with zero attached hydrogens (tertiary/aromatic N) is 4. The molecule has 0 radical (unpaired) electrons. The van der Waals surface area contributed by atoms with Crippen LogP contribution in [0.1, 0.15) is 31.2 Å². The van der Waals surface area contributed by atoms with Gasteiger partial charge in [-0.25, -0.2) is 18.2 Å². The third kappa shape index (κ3) is 4.71. The van der Waals surface area contributed by atoms with E-state index in [9.17, 15) is 13.9 Å². The highest BCUT2D eigenvalue weighted by atomic mass is 19.1. The second-order valence-electron chi connectivity index (χ2n) is 11.6. The number of anilines is 1. The van der Waals surface area contributed by atoms with Gasteiger partial charge in [0.1, 0.15) is 53.4 Å². The van der Waals surface area contributed by atoms with Crippen molar-refractivity contribution in [2.24, 2.45) is 0 Å². The third-order valence-corrected chi connectivity index (χ3v) is 8.85. The Balaban J connectivity index is 1.39. The van der Waals surface area contributed by atoms with E-state index >= 15 is 4.39 Å². The highest BCUT2D eigenvalue weighted by molar-refractivity contribution is 6.04. The summed E-state index contributed by atoms with van der Waals surface area (Å²) in [6, 6.07) is 4.98. The highest BCUT2D eigenvalue weighted by Crippen LogP contribution is 2.43. The molecule has 3 atom stereocenters. The van der Waals surface area contributed by atoms with E-state index in [1.165, 1.54) is 24.3 Å². The van der Waals surface area contributed by atoms with Gasteiger partial charge in [0, 0.05) is 37.6 Å². The molecule has 3 aliphatic heterocycles. The van der Waals surface area contributed by atoms with Crippen molar-refractivity contribution in [3.8, 4) is 41.2 Å². The molecule has 2 aromatic heterocycles. The fourth-order valence-electron chi connectivity index (χ4n) is 6.80. The zero-order valence-electron chi connectivity index (χ0n) is 24.0. The van der Waals surface area contributed by atoms with Crippen LogP contribution >= 0.6 is 0 Å². The Labute approximate surface area is 251 Å². The van der Waals surface area contributed by atoms with E-state index in [1.807, 2.05) is 0 Å². The second-order valence-corrected chi connectivity index (χ2v) is 11.6. The number of hydrogen-bond donors (Lipinski definition) is 2. The van der Waals surface area contributed by atoms with E-state index in [1.54, 1.807) is 7.11 Å². The molecule has 2 fully saturated rings. The smallest absolute Gasteiger partial charge is 0.319 e. The fraction of sp³-hybridized carbons (Fsp3) is 0.406. The zero-order chi connectivity index (χ0) is 30.6. The molecule has 7 rings (SSSR count). The minimum Gasteiger partial charge on any atom is -0.508 e. The van der Waals surface area contributed by atoms with Gasteiger partial charge in [-0.05, 0) is 49.4 Å². The number of terminal acetylenes is 1. The third-order valence-electron chi connectivity index (χ3n) is 8.85. The van der Waals surface area contributed by atoms with Crippen LogP contribution in [0.2, 0.25) is 0 Å². The van der Waals surface area contributed by atoms with Gasteiger partial charge in [0.05, 0.1) is 17.1 Å². The first kappa shape index (κ1) is 28.4. The van der Waals surface area contributed by atoms with Crippen molar-refractivity contribution in [2.45, 2.75) is 43.4 Å². The lowest BCUT2D eigenvalue weighted by Gasteiger charge is -2.30. The number of phenols is 1. The summed E-state index contributed by atoms with van der Waals surface area (Å²) in [5, 5.41) is 14.7. The van der Waals surface area contributed by atoms with Gasteiger partial charge < -0.3 is 24.6 Å². The number of fused-ring (bicyclic) bond motifs is 2. The number of hydrogen-bond acceptors (Lipinski definition) is 9. The number of methoxy groups -OCH3 is 1. The monoisotopic (exact) mass is 605 g/mol. The number of pyridine rings is 1. The van der Waals surface area contributed by atoms with E-state index in [4.69, 9.17) is 20.6 Å². The van der Waals surface area contributed by atoms with Crippen LogP contribution < -0.4 is 14.8 Å². The van der Waals surface area contributed by atoms with Gasteiger partial charge >= 0.3 is 6.01 Å². The first-order chi connectivity index (χ1) is 21.3. The molecule has 4 aromatic rings. The summed E-state index contributed by atoms with van der Waals surface area (Å²) >= 11 is 0. The Kier molecular flexibility index (Phi) is 7.10. The molecule has 2 N–H and O–H groups in total. The van der Waals surface area contributed by atoms with Gasteiger partial charge in [0.2, 0.25) is 5.88 Å². The Bertz CT molecular complexity index is 1830. The van der Waals surface area contributed by atoms with Gasteiger partial charge in [-0.2, -0.15) is 9.97 Å². The maximum Gasteiger partial charge on any atom is 0.319 e. The Morgan fingerprint density at radius 2 is 2.09 bits per heavy atom. The minimum absolute atomic E-state index is 0.0529. The molecule has 5 heterocycles. The average Bonchev–Trinajstić information content (AvgIpc) is 3.47. The lowest BCUT2D eigenvalue weighted by molar-refractivity contribution is 0.107. The number of alkyl halides is 1. The number of benzene rings is 2. The topological polar surface area (TPSA) is 102 Å². The van der Waals surface area contributed by atoms with Crippen LogP contribution in [0.15, 0.2) is 24.3 Å². The van der Waals surface area contributed by atoms with E-state index in [2.05, 4.69) is 31.1 Å². The van der Waals surface area contributed by atoms with Crippen LogP contribution in [0.4, 0.5) is 19.0 Å². The maximum absolute atomic E-state index is 16.7. The average molecular weight is 606 g/mol. The SMILES string of the molecule is C#Cc1c(F)ccc2cc(O)cc(-c3nc4c5c(nc(OC[C@@]67CCCN6C[C@H](F)C7)nc5c3F)N[C@@H](CCOC)CO4)c12. The number of phenolic OH excluding ortho intramolecular Hbond substituents is 1. The number of ether oxygens (including phenoxy) is 3. The van der Waals surface area contributed by atoms with Crippen LogP contribution in [-0.2, 0) is 4.74 Å². The summed E-state index contributed by atoms with van der Waals surface area (Å²) in [6.45, 7) is 1.89. The summed E-state index contributed by atoms with van der Waals surface area (Å²) in [6.07, 6.45) is 7.35. The molecule has 3 aliphatic rings. The van der Waals surface area contributed by atoms with Crippen LogP contribution in [-0.4, -0.2) is 82.7 Å². The van der Waals surface area contributed by atoms with E-state index in [0.29, 0.717) is 31.4 Å². The minimum atomic E-state index is -0.940. The Hall–Kier alpha value is -4.34. The Morgan fingerprint density at radius 1 is 1.23 bits per heavy atom. The van der Waals surface area contributed by atoms with Crippen molar-refractivity contribution in [2.75, 3.05) is 45.3 Å². The summed E-state index contributed by atoms with van der Waals surface area (Å²) in [5.41, 5.74) is -0.869. The van der Waals surface area contributed by atoms with Crippen molar-refractivity contribution < 1.29 is 32.5 Å². The van der Waals surface area contributed by atoms with Crippen LogP contribution in [0, 0.1) is 24.0 Å². The summed E-state index contributed by atoms with van der Waals surface area (Å²) in [4.78, 5) is 15.7. The standard InChI is InChI=1S/C32H30F3N5O4/c1-3-21-23(34)6-5-17-11-20(41)12-22(24(17)21)27-26(35)28-25-29(36-19(7-10-42-2)15-43-30(25)37-27)39-31(38-28)44-16-32-8-4-9-40(32)14-18(33)13-32/h1,5-6,11-12,18-19,41H,4,7-10,13-16H2,2H3,(H,36,38,39)/t18-,19+,32+/m1/s1. The molecule has 2 saturated heterocycles. The maximum atomic E-state index is 16.7. The van der Waals surface area contributed by atoms with Crippen LogP contribution in [0.25, 0.3) is 32.9 Å². The number of rotatable bonds is 7. The number of aromatic hydroxyl groups is 1. The van der Waals surface area contributed by atoms with Gasteiger partial charge in [-0.1, -0.05) is 12.0 Å². The quantitative estimate of drug-likeness (QED) is 0.283. The summed E-state index contributed by atoms with van der Waals surface area (Å²) in [5.74, 6) is 0.948. The molecule has 9 nitrogen and oxygen atoms in total. The van der Waals surface area contributed by atoms with Crippen molar-refractivity contribution in [3.63, 3.8) is 0 Å². The molecule has 44 heavy (non-hydrogen) atoms. The molecule has 12 heteroatoms. The normalized spacial score (nSPS) is 22.8. The molecule has 2 aromatic carbocycles. The predicted octanol–water partition coefficient (Wildman–Crippen LogP) is 4.97. The highest BCUT2D eigenvalue weighted by Gasteiger charge is 2.49. The largest absolute Gasteiger partial charge is 0.508 e. The lowest BCUT2D eigenvalue weighted by Crippen LogP contribution is -2.43. The fourth-order valence-corrected chi connectivity index (χ4v) is 6.80. The van der Waals surface area contributed by atoms with Gasteiger partial charge in [-0.15, -0.1) is 6.42 Å². The summed E-state index contributed by atoms with van der Waals surface area (Å²) < 4.78 is 63.4. The molecular weight excluding hydrogens is 575 g/mol. The molecule has 0 aliphatic carbocycles. The van der Waals surface area contributed by atoms with Gasteiger partial charge in [-0.3, -0.25) is 4.90 Å². The number of nitrogens with one attached hydrogen (secondary N) is 1. The van der Waals surface area contributed by atoms with Crippen molar-refractivity contribution in [3.05, 3.63) is 41.5 Å². The summed E-state index contributed by atoms with van der Waals surface area (Å²) in [7, 11) is 1.59. The van der Waals surface area contributed by atoms with Crippen molar-refractivity contribution in [1.29, 1.82) is 0 Å². The van der Waals surface area contributed by atoms with E-state index in [-0.39, 0.29) is 75.8 Å². The number of halogens is 3. The van der Waals surface area contributed by atoms with Crippen LogP contribution in [0.3, 0.4) is 0 Å². The first-order valence-electron chi connectivity index (χ1n) is 14.5. The van der Waals surface area contributed by atoms with Gasteiger partial charge in [0.15, 0.2) is 5.82 Å². The predicted molar refractivity (Wildman–Crippen MR) is 158 cm³/mol. The first-order valence-corrected chi connectivity index (χ1v) is 14.5. The molecule has 228 valence electrons. The Morgan fingerprint density at radius 3 is 2.91 bits per heavy atom. The lowest BCUT2D eigenvalue weighted by atomic mass is 9.95. The second kappa shape index (κ2) is 11.0. The van der Waals surface area contributed by atoms with Crippen molar-refractivity contribution >= 4 is 27.5 Å². The zero-order valence-corrected chi connectivity index (χ0v) is 24.0. The number of aromatic nitrogens is 3. The van der Waals surface area contributed by atoms with E-state index < -0.39 is 23.3 Å². The molecule has 0 spiro atoms. The van der Waals surface area contributed by atoms with Crippen LogP contribution in [0.5, 0.6) is 17.6 Å². The van der Waals surface area contributed by atoms with Gasteiger partial charge in [0.25, 0.3) is 0 Å². The van der Waals surface area contributed by atoms with Crippen molar-refractivity contribution in [1.82, 2.24) is 19.9 Å². The molecule has 0 saturated carbocycles. The van der Waals surface area contributed by atoms with E-state index in [0.717, 1.165) is 19.4 Å². The molecular formula is C32H30F3N5O4.